The summed E-state index contributed by atoms with van der Waals surface area (Å²) in [6, 6.07) is 11.6. The highest BCUT2D eigenvalue weighted by Crippen LogP contribution is 2.47. The van der Waals surface area contributed by atoms with Gasteiger partial charge in [-0.2, -0.15) is 5.10 Å². The van der Waals surface area contributed by atoms with Gasteiger partial charge in [0.1, 0.15) is 5.52 Å². The summed E-state index contributed by atoms with van der Waals surface area (Å²) in [6.45, 7) is 2.69. The lowest BCUT2D eigenvalue weighted by Gasteiger charge is -2.54. The van der Waals surface area contributed by atoms with Crippen molar-refractivity contribution in [2.75, 3.05) is 13.1 Å². The Kier molecular flexibility index (Phi) is 6.86. The third-order valence-corrected chi connectivity index (χ3v) is 9.37. The number of H-pyrrole nitrogens is 1. The predicted octanol–water partition coefficient (Wildman–Crippen LogP) is 4.14. The molecule has 200 valence electrons. The fourth-order valence-corrected chi connectivity index (χ4v) is 6.91. The van der Waals surface area contributed by atoms with Gasteiger partial charge in [-0.1, -0.05) is 29.8 Å². The fourth-order valence-electron chi connectivity index (χ4n) is 6.69. The second-order valence-electron chi connectivity index (χ2n) is 11.5. The zero-order valence-electron chi connectivity index (χ0n) is 21.6. The highest BCUT2D eigenvalue weighted by Gasteiger charge is 2.50. The van der Waals surface area contributed by atoms with E-state index < -0.39 is 0 Å². The molecule has 0 atom stereocenters. The van der Waals surface area contributed by atoms with Gasteiger partial charge in [-0.3, -0.25) is 24.6 Å². The summed E-state index contributed by atoms with van der Waals surface area (Å²) in [5.74, 6) is 0.299. The number of hydrogen-bond acceptors (Lipinski definition) is 5. The molecule has 2 aromatic heterocycles. The topological polar surface area (TPSA) is 103 Å². The van der Waals surface area contributed by atoms with Gasteiger partial charge in [-0.25, -0.2) is 0 Å². The Morgan fingerprint density at radius 2 is 1.68 bits per heavy atom. The molecule has 38 heavy (non-hydrogen) atoms. The number of rotatable bonds is 7. The van der Waals surface area contributed by atoms with Crippen molar-refractivity contribution in [3.8, 4) is 0 Å². The normalized spacial score (nSPS) is 25.9. The minimum Gasteiger partial charge on any atom is -0.350 e. The molecule has 2 bridgehead atoms. The number of aromatic nitrogens is 3. The molecule has 7 rings (SSSR count). The molecule has 1 saturated heterocycles. The molecule has 3 aromatic rings. The zero-order chi connectivity index (χ0) is 26.2. The molecule has 3 heterocycles. The van der Waals surface area contributed by atoms with Crippen molar-refractivity contribution >= 4 is 34.3 Å². The first-order chi connectivity index (χ1) is 18.4. The SMILES string of the molecule is O=C(Cc1[nH]nc2c(Cl)cccc12)NC12CCC(NC(=O)C3CCN(Cc4ccccn4)CC3)(CC1)CC2. The first-order valence-electron chi connectivity index (χ1n) is 13.8. The van der Waals surface area contributed by atoms with E-state index in [4.69, 9.17) is 11.6 Å². The predicted molar refractivity (Wildman–Crippen MR) is 146 cm³/mol. The lowest BCUT2D eigenvalue weighted by atomic mass is 9.61. The summed E-state index contributed by atoms with van der Waals surface area (Å²) in [5.41, 5.74) is 2.27. The van der Waals surface area contributed by atoms with Crippen LogP contribution in [-0.4, -0.2) is 56.1 Å². The molecule has 9 heteroatoms. The van der Waals surface area contributed by atoms with E-state index in [1.54, 1.807) is 6.07 Å². The Morgan fingerprint density at radius 3 is 2.37 bits per heavy atom. The average molecular weight is 535 g/mol. The highest BCUT2D eigenvalue weighted by molar-refractivity contribution is 6.35. The number of halogens is 1. The first kappa shape index (κ1) is 25.3. The number of carbonyl (C=O) groups is 2. The van der Waals surface area contributed by atoms with Gasteiger partial charge in [0, 0.05) is 35.1 Å². The molecule has 4 aliphatic rings. The van der Waals surface area contributed by atoms with E-state index in [0.717, 1.165) is 87.8 Å². The number of benzene rings is 1. The maximum absolute atomic E-state index is 13.2. The molecule has 0 unspecified atom stereocenters. The van der Waals surface area contributed by atoms with Gasteiger partial charge in [-0.15, -0.1) is 0 Å². The van der Waals surface area contributed by atoms with Crippen molar-refractivity contribution in [1.29, 1.82) is 0 Å². The van der Waals surface area contributed by atoms with E-state index in [0.29, 0.717) is 10.5 Å². The summed E-state index contributed by atoms with van der Waals surface area (Å²) in [7, 11) is 0. The average Bonchev–Trinajstić information content (AvgIpc) is 3.34. The van der Waals surface area contributed by atoms with Crippen molar-refractivity contribution in [2.24, 2.45) is 5.92 Å². The van der Waals surface area contributed by atoms with Crippen LogP contribution >= 0.6 is 11.6 Å². The highest BCUT2D eigenvalue weighted by atomic mass is 35.5. The van der Waals surface area contributed by atoms with Gasteiger partial charge in [0.25, 0.3) is 0 Å². The minimum absolute atomic E-state index is 0.00595. The van der Waals surface area contributed by atoms with Crippen LogP contribution in [0.25, 0.3) is 10.9 Å². The number of para-hydroxylation sites is 1. The van der Waals surface area contributed by atoms with Crippen molar-refractivity contribution < 1.29 is 9.59 Å². The molecule has 3 aliphatic carbocycles. The van der Waals surface area contributed by atoms with Crippen molar-refractivity contribution in [3.05, 3.63) is 59.0 Å². The van der Waals surface area contributed by atoms with E-state index in [-0.39, 0.29) is 35.2 Å². The van der Waals surface area contributed by atoms with Crippen LogP contribution in [-0.2, 0) is 22.6 Å². The Morgan fingerprint density at radius 1 is 0.974 bits per heavy atom. The second kappa shape index (κ2) is 10.3. The molecule has 1 aromatic carbocycles. The lowest BCUT2D eigenvalue weighted by Crippen LogP contribution is -2.64. The third kappa shape index (κ3) is 5.16. The summed E-state index contributed by atoms with van der Waals surface area (Å²) >= 11 is 6.23. The van der Waals surface area contributed by atoms with Gasteiger partial charge in [0.05, 0.1) is 22.8 Å². The van der Waals surface area contributed by atoms with Crippen molar-refractivity contribution in [2.45, 2.75) is 75.4 Å². The number of amides is 2. The lowest BCUT2D eigenvalue weighted by molar-refractivity contribution is -0.132. The van der Waals surface area contributed by atoms with Gasteiger partial charge in [-0.05, 0) is 82.7 Å². The Bertz CT molecular complexity index is 1290. The van der Waals surface area contributed by atoms with Crippen LogP contribution in [0, 0.1) is 5.92 Å². The molecule has 3 saturated carbocycles. The molecular weight excluding hydrogens is 500 g/mol. The molecule has 4 fully saturated rings. The number of nitrogens with zero attached hydrogens (tertiary/aromatic N) is 3. The van der Waals surface area contributed by atoms with Gasteiger partial charge < -0.3 is 10.6 Å². The van der Waals surface area contributed by atoms with Crippen molar-refractivity contribution in [3.63, 3.8) is 0 Å². The second-order valence-corrected chi connectivity index (χ2v) is 11.9. The van der Waals surface area contributed by atoms with Crippen LogP contribution in [0.1, 0.15) is 62.8 Å². The van der Waals surface area contributed by atoms with E-state index in [1.165, 1.54) is 0 Å². The Balaban J connectivity index is 0.989. The summed E-state index contributed by atoms with van der Waals surface area (Å²) in [5, 5.41) is 15.6. The van der Waals surface area contributed by atoms with E-state index in [9.17, 15) is 9.59 Å². The summed E-state index contributed by atoms with van der Waals surface area (Å²) < 4.78 is 0. The Labute approximate surface area is 227 Å². The smallest absolute Gasteiger partial charge is 0.226 e. The quantitative estimate of drug-likeness (QED) is 0.422. The molecule has 1 aliphatic heterocycles. The van der Waals surface area contributed by atoms with Crippen LogP contribution in [0.2, 0.25) is 5.02 Å². The van der Waals surface area contributed by atoms with E-state index in [1.807, 2.05) is 30.5 Å². The van der Waals surface area contributed by atoms with Crippen LogP contribution < -0.4 is 10.6 Å². The first-order valence-corrected chi connectivity index (χ1v) is 14.2. The van der Waals surface area contributed by atoms with Crippen LogP contribution in [0.15, 0.2) is 42.6 Å². The number of likely N-dealkylation sites (tertiary alicyclic amines) is 1. The van der Waals surface area contributed by atoms with Crippen LogP contribution in [0.4, 0.5) is 0 Å². The molecule has 0 spiro atoms. The Hall–Kier alpha value is -2.97. The van der Waals surface area contributed by atoms with E-state index in [2.05, 4.69) is 36.8 Å². The van der Waals surface area contributed by atoms with Gasteiger partial charge in [0.2, 0.25) is 11.8 Å². The zero-order valence-corrected chi connectivity index (χ0v) is 22.4. The number of piperidine rings is 1. The molecular formula is C29H35ClN6O2. The van der Waals surface area contributed by atoms with Gasteiger partial charge in [0.15, 0.2) is 0 Å². The standard InChI is InChI=1S/C29H35ClN6O2/c30-23-6-3-5-22-24(34-35-26(22)23)18-25(37)32-28-9-12-29(13-10-28,14-11-28)33-27(38)20-7-16-36(17-8-20)19-21-4-1-2-15-31-21/h1-6,15,20H,7-14,16-19H2,(H,32,37)(H,33,38)(H,34,35). The van der Waals surface area contributed by atoms with Crippen LogP contribution in [0.5, 0.6) is 0 Å². The number of carbonyl (C=O) groups excluding carboxylic acids is 2. The van der Waals surface area contributed by atoms with Gasteiger partial charge >= 0.3 is 0 Å². The minimum atomic E-state index is -0.173. The number of nitrogens with one attached hydrogen (secondary N) is 3. The monoisotopic (exact) mass is 534 g/mol. The number of aromatic amines is 1. The van der Waals surface area contributed by atoms with E-state index >= 15 is 0 Å². The molecule has 8 nitrogen and oxygen atoms in total. The molecule has 0 radical (unpaired) electrons. The fraction of sp³-hybridized carbons (Fsp3) is 0.517. The maximum atomic E-state index is 13.2. The summed E-state index contributed by atoms with van der Waals surface area (Å²) in [4.78, 5) is 33.1. The number of hydrogen-bond donors (Lipinski definition) is 3. The largest absolute Gasteiger partial charge is 0.350 e. The third-order valence-electron chi connectivity index (χ3n) is 9.06. The summed E-state index contributed by atoms with van der Waals surface area (Å²) in [6.07, 6.45) is 9.32. The molecule has 2 amide bonds. The molecule has 3 N–H and O–H groups in total. The maximum Gasteiger partial charge on any atom is 0.226 e. The number of pyridine rings is 1. The van der Waals surface area contributed by atoms with Crippen LogP contribution in [0.3, 0.4) is 0 Å². The van der Waals surface area contributed by atoms with Crippen molar-refractivity contribution in [1.82, 2.24) is 30.7 Å². The number of fused-ring (bicyclic) bond motifs is 4.